The fourth-order valence-electron chi connectivity index (χ4n) is 2.14. The highest BCUT2D eigenvalue weighted by Gasteiger charge is 2.35. The van der Waals surface area contributed by atoms with Crippen LogP contribution < -0.4 is 16.6 Å². The molecular formula is C12H14N4O5. The Kier molecular flexibility index (Phi) is 4.01. The molecule has 1 unspecified atom stereocenters. The minimum atomic E-state index is -0.742. The van der Waals surface area contributed by atoms with Crippen LogP contribution in [-0.4, -0.2) is 44.8 Å². The number of nitrogens with zero attached hydrogens (tertiary/aromatic N) is 2. The first-order valence-corrected chi connectivity index (χ1v) is 6.35. The molecule has 0 radical (unpaired) electrons. The van der Waals surface area contributed by atoms with Crippen LogP contribution in [0.1, 0.15) is 13.3 Å². The maximum Gasteiger partial charge on any atom is 0.328 e. The number of hydrogen-bond donors (Lipinski definition) is 2. The molecular weight excluding hydrogens is 280 g/mol. The molecule has 1 saturated heterocycles. The fourth-order valence-corrected chi connectivity index (χ4v) is 2.14. The Morgan fingerprint density at radius 1 is 1.33 bits per heavy atom. The SMILES string of the molecule is CCC1C(=O)NC(=O)CN1C(=O)Cn1ccc(=O)[nH]c1=O. The second kappa shape index (κ2) is 5.73. The van der Waals surface area contributed by atoms with Crippen LogP contribution >= 0.6 is 0 Å². The average Bonchev–Trinajstić information content (AvgIpc) is 2.41. The topological polar surface area (TPSA) is 121 Å². The molecule has 1 fully saturated rings. The number of piperazine rings is 1. The molecule has 0 aliphatic carbocycles. The zero-order chi connectivity index (χ0) is 15.6. The molecule has 21 heavy (non-hydrogen) atoms. The van der Waals surface area contributed by atoms with Gasteiger partial charge >= 0.3 is 5.69 Å². The first-order chi connectivity index (χ1) is 9.92. The van der Waals surface area contributed by atoms with Crippen molar-refractivity contribution >= 4 is 17.7 Å². The van der Waals surface area contributed by atoms with Gasteiger partial charge in [0.05, 0.1) is 0 Å². The third-order valence-electron chi connectivity index (χ3n) is 3.16. The highest BCUT2D eigenvalue weighted by molar-refractivity contribution is 6.04. The van der Waals surface area contributed by atoms with Gasteiger partial charge in [-0.3, -0.25) is 34.0 Å². The molecule has 112 valence electrons. The van der Waals surface area contributed by atoms with Gasteiger partial charge in [-0.15, -0.1) is 0 Å². The lowest BCUT2D eigenvalue weighted by atomic mass is 10.1. The Bertz CT molecular complexity index is 704. The third-order valence-corrected chi connectivity index (χ3v) is 3.16. The van der Waals surface area contributed by atoms with Gasteiger partial charge in [-0.25, -0.2) is 4.79 Å². The standard InChI is InChI=1S/C12H14N4O5/c1-2-7-11(20)13-9(18)5-16(7)10(19)6-15-4-3-8(17)14-12(15)21/h3-4,7H,2,5-6H2,1H3,(H,13,18,20)(H,14,17,21). The Labute approximate surface area is 118 Å². The van der Waals surface area contributed by atoms with E-state index < -0.39 is 35.0 Å². The van der Waals surface area contributed by atoms with Crippen molar-refractivity contribution in [3.8, 4) is 0 Å². The number of aromatic amines is 1. The summed E-state index contributed by atoms with van der Waals surface area (Å²) in [7, 11) is 0. The smallest absolute Gasteiger partial charge is 0.320 e. The number of carbonyl (C=O) groups excluding carboxylic acids is 3. The van der Waals surface area contributed by atoms with E-state index in [9.17, 15) is 24.0 Å². The number of carbonyl (C=O) groups is 3. The van der Waals surface area contributed by atoms with Crippen LogP contribution in [0.15, 0.2) is 21.9 Å². The van der Waals surface area contributed by atoms with Crippen molar-refractivity contribution in [2.75, 3.05) is 6.54 Å². The van der Waals surface area contributed by atoms with Gasteiger partial charge in [0.15, 0.2) is 0 Å². The summed E-state index contributed by atoms with van der Waals surface area (Å²) in [4.78, 5) is 60.9. The summed E-state index contributed by atoms with van der Waals surface area (Å²) in [6.45, 7) is 1.13. The largest absolute Gasteiger partial charge is 0.328 e. The van der Waals surface area contributed by atoms with Crippen LogP contribution in [0.25, 0.3) is 0 Å². The van der Waals surface area contributed by atoms with Gasteiger partial charge in [0.25, 0.3) is 5.56 Å². The van der Waals surface area contributed by atoms with E-state index in [1.807, 2.05) is 4.98 Å². The van der Waals surface area contributed by atoms with Gasteiger partial charge in [0, 0.05) is 12.3 Å². The summed E-state index contributed by atoms with van der Waals surface area (Å²) in [6, 6.07) is 0.369. The summed E-state index contributed by atoms with van der Waals surface area (Å²) in [5, 5.41) is 2.16. The number of hydrogen-bond acceptors (Lipinski definition) is 5. The van der Waals surface area contributed by atoms with Crippen molar-refractivity contribution in [3.63, 3.8) is 0 Å². The van der Waals surface area contributed by atoms with E-state index in [4.69, 9.17) is 0 Å². The molecule has 1 atom stereocenters. The van der Waals surface area contributed by atoms with Crippen LogP contribution in [0.5, 0.6) is 0 Å². The van der Waals surface area contributed by atoms with Crippen molar-refractivity contribution in [2.45, 2.75) is 25.9 Å². The molecule has 0 saturated carbocycles. The first-order valence-electron chi connectivity index (χ1n) is 6.35. The van der Waals surface area contributed by atoms with Gasteiger partial charge < -0.3 is 4.90 Å². The van der Waals surface area contributed by atoms with Crippen LogP contribution in [0.3, 0.4) is 0 Å². The van der Waals surface area contributed by atoms with E-state index in [-0.39, 0.29) is 13.1 Å². The highest BCUT2D eigenvalue weighted by atomic mass is 16.2. The summed E-state index contributed by atoms with van der Waals surface area (Å²) < 4.78 is 1.01. The molecule has 9 heteroatoms. The van der Waals surface area contributed by atoms with Gasteiger partial charge in [-0.05, 0) is 6.42 Å². The molecule has 3 amide bonds. The Hall–Kier alpha value is -2.71. The van der Waals surface area contributed by atoms with Gasteiger partial charge in [-0.2, -0.15) is 0 Å². The lowest BCUT2D eigenvalue weighted by Gasteiger charge is -2.33. The number of amides is 3. The first kappa shape index (κ1) is 14.7. The summed E-state index contributed by atoms with van der Waals surface area (Å²) >= 11 is 0. The summed E-state index contributed by atoms with van der Waals surface area (Å²) in [5.41, 5.74) is -1.29. The molecule has 2 heterocycles. The molecule has 1 aromatic heterocycles. The van der Waals surface area contributed by atoms with Crippen molar-refractivity contribution in [1.29, 1.82) is 0 Å². The quantitative estimate of drug-likeness (QED) is 0.613. The molecule has 2 N–H and O–H groups in total. The van der Waals surface area contributed by atoms with Gasteiger partial charge in [0.1, 0.15) is 19.1 Å². The third kappa shape index (κ3) is 3.07. The zero-order valence-corrected chi connectivity index (χ0v) is 11.3. The van der Waals surface area contributed by atoms with Gasteiger partial charge in [-0.1, -0.05) is 6.92 Å². The lowest BCUT2D eigenvalue weighted by molar-refractivity contribution is -0.150. The minimum absolute atomic E-state index is 0.235. The van der Waals surface area contributed by atoms with E-state index in [1.54, 1.807) is 6.92 Å². The van der Waals surface area contributed by atoms with Crippen molar-refractivity contribution in [3.05, 3.63) is 33.1 Å². The molecule has 1 aliphatic rings. The Balaban J connectivity index is 2.21. The average molecular weight is 294 g/mol. The Morgan fingerprint density at radius 3 is 2.67 bits per heavy atom. The predicted molar refractivity (Wildman–Crippen MR) is 70.3 cm³/mol. The summed E-state index contributed by atoms with van der Waals surface area (Å²) in [6.07, 6.45) is 1.54. The molecule has 9 nitrogen and oxygen atoms in total. The number of nitrogens with one attached hydrogen (secondary N) is 2. The normalized spacial score (nSPS) is 18.5. The second-order valence-electron chi connectivity index (χ2n) is 4.60. The van der Waals surface area contributed by atoms with Crippen molar-refractivity contribution < 1.29 is 14.4 Å². The van der Waals surface area contributed by atoms with E-state index in [1.165, 1.54) is 6.20 Å². The number of rotatable bonds is 3. The molecule has 1 aliphatic heterocycles. The van der Waals surface area contributed by atoms with Crippen LogP contribution in [0, 0.1) is 0 Å². The van der Waals surface area contributed by atoms with Gasteiger partial charge in [0.2, 0.25) is 17.7 Å². The maximum absolute atomic E-state index is 12.2. The van der Waals surface area contributed by atoms with Crippen LogP contribution in [-0.2, 0) is 20.9 Å². The maximum atomic E-state index is 12.2. The monoisotopic (exact) mass is 294 g/mol. The number of aromatic nitrogens is 2. The number of imide groups is 1. The molecule has 0 spiro atoms. The second-order valence-corrected chi connectivity index (χ2v) is 4.60. The molecule has 0 bridgehead atoms. The molecule has 1 aromatic rings. The van der Waals surface area contributed by atoms with E-state index in [0.29, 0.717) is 6.42 Å². The predicted octanol–water partition coefficient (Wildman–Crippen LogP) is -2.20. The van der Waals surface area contributed by atoms with E-state index >= 15 is 0 Å². The Morgan fingerprint density at radius 2 is 2.05 bits per heavy atom. The van der Waals surface area contributed by atoms with E-state index in [2.05, 4.69) is 5.32 Å². The van der Waals surface area contributed by atoms with Crippen molar-refractivity contribution in [1.82, 2.24) is 19.8 Å². The van der Waals surface area contributed by atoms with Crippen molar-refractivity contribution in [2.24, 2.45) is 0 Å². The molecule has 0 aromatic carbocycles. The summed E-state index contributed by atoms with van der Waals surface area (Å²) in [5.74, 6) is -1.64. The minimum Gasteiger partial charge on any atom is -0.320 e. The van der Waals surface area contributed by atoms with E-state index in [0.717, 1.165) is 15.5 Å². The van der Waals surface area contributed by atoms with Crippen LogP contribution in [0.2, 0.25) is 0 Å². The van der Waals surface area contributed by atoms with Crippen LogP contribution in [0.4, 0.5) is 0 Å². The lowest BCUT2D eigenvalue weighted by Crippen LogP contribution is -2.60. The molecule has 2 rings (SSSR count). The number of H-pyrrole nitrogens is 1. The zero-order valence-electron chi connectivity index (χ0n) is 11.3. The highest BCUT2D eigenvalue weighted by Crippen LogP contribution is 2.09. The fraction of sp³-hybridized carbons (Fsp3) is 0.417.